The van der Waals surface area contributed by atoms with Gasteiger partial charge in [-0.25, -0.2) is 0 Å². The monoisotopic (exact) mass is 264 g/mol. The maximum absolute atomic E-state index is 5.46. The van der Waals surface area contributed by atoms with Crippen molar-refractivity contribution < 1.29 is 4.74 Å². The van der Waals surface area contributed by atoms with Gasteiger partial charge >= 0.3 is 0 Å². The second-order valence-corrected chi connectivity index (χ2v) is 5.87. The van der Waals surface area contributed by atoms with Gasteiger partial charge in [-0.05, 0) is 63.9 Å². The van der Waals surface area contributed by atoms with E-state index < -0.39 is 0 Å². The molecule has 0 atom stereocenters. The number of methoxy groups -OCH3 is 1. The van der Waals surface area contributed by atoms with Gasteiger partial charge in [0.05, 0.1) is 7.11 Å². The summed E-state index contributed by atoms with van der Waals surface area (Å²) in [6, 6.07) is 2.22. The van der Waals surface area contributed by atoms with Crippen molar-refractivity contribution >= 4 is 0 Å². The minimum absolute atomic E-state index is 0.116. The molecule has 0 saturated carbocycles. The molecule has 1 aromatic rings. The highest BCUT2D eigenvalue weighted by Gasteiger charge is 2.15. The summed E-state index contributed by atoms with van der Waals surface area (Å²) >= 11 is 0. The van der Waals surface area contributed by atoms with Gasteiger partial charge in [-0.1, -0.05) is 6.07 Å². The van der Waals surface area contributed by atoms with Crippen LogP contribution in [0.1, 0.15) is 36.1 Å². The first kappa shape index (κ1) is 16.0. The van der Waals surface area contributed by atoms with E-state index >= 15 is 0 Å². The first-order valence-corrected chi connectivity index (χ1v) is 6.85. The van der Waals surface area contributed by atoms with E-state index in [1.54, 1.807) is 7.11 Å². The molecule has 1 rings (SSSR count). The second-order valence-electron chi connectivity index (χ2n) is 5.87. The zero-order valence-electron chi connectivity index (χ0n) is 13.4. The molecule has 0 unspecified atom stereocenters. The third-order valence-corrected chi connectivity index (χ3v) is 3.90. The van der Waals surface area contributed by atoms with E-state index in [1.807, 2.05) is 7.05 Å². The Morgan fingerprint density at radius 3 is 2.32 bits per heavy atom. The molecule has 0 amide bonds. The number of nitrogens with one attached hydrogen (secondary N) is 2. The van der Waals surface area contributed by atoms with E-state index in [-0.39, 0.29) is 5.54 Å². The first-order valence-electron chi connectivity index (χ1n) is 6.85. The number of ether oxygens (including phenoxy) is 1. The lowest BCUT2D eigenvalue weighted by Crippen LogP contribution is -2.45. The Kier molecular flexibility index (Phi) is 5.39. The lowest BCUT2D eigenvalue weighted by molar-refractivity contribution is 0.392. The van der Waals surface area contributed by atoms with Gasteiger partial charge in [0.25, 0.3) is 0 Å². The topological polar surface area (TPSA) is 33.3 Å². The van der Waals surface area contributed by atoms with Crippen molar-refractivity contribution in [1.82, 2.24) is 10.6 Å². The highest BCUT2D eigenvalue weighted by Crippen LogP contribution is 2.28. The predicted octanol–water partition coefficient (Wildman–Crippen LogP) is 2.71. The van der Waals surface area contributed by atoms with Crippen LogP contribution in [-0.4, -0.2) is 26.2 Å². The van der Waals surface area contributed by atoms with Crippen LogP contribution in [0.25, 0.3) is 0 Å². The number of benzene rings is 1. The Labute approximate surface area is 117 Å². The molecule has 0 spiro atoms. The van der Waals surface area contributed by atoms with E-state index in [4.69, 9.17) is 4.74 Å². The highest BCUT2D eigenvalue weighted by atomic mass is 16.5. The molecule has 3 heteroatoms. The number of aryl methyl sites for hydroxylation is 1. The Hall–Kier alpha value is -1.06. The van der Waals surface area contributed by atoms with Gasteiger partial charge in [-0.3, -0.25) is 0 Å². The molecule has 19 heavy (non-hydrogen) atoms. The third kappa shape index (κ3) is 3.95. The van der Waals surface area contributed by atoms with Gasteiger partial charge in [0.2, 0.25) is 0 Å². The number of hydrogen-bond acceptors (Lipinski definition) is 3. The normalized spacial score (nSPS) is 11.7. The van der Waals surface area contributed by atoms with Crippen LogP contribution in [0.3, 0.4) is 0 Å². The van der Waals surface area contributed by atoms with E-state index in [0.29, 0.717) is 0 Å². The summed E-state index contributed by atoms with van der Waals surface area (Å²) in [6.07, 6.45) is 0. The van der Waals surface area contributed by atoms with Gasteiger partial charge in [-0.2, -0.15) is 0 Å². The molecular formula is C16H28N2O. The maximum atomic E-state index is 5.46. The van der Waals surface area contributed by atoms with E-state index in [1.165, 1.54) is 22.3 Å². The summed E-state index contributed by atoms with van der Waals surface area (Å²) in [7, 11) is 3.73. The quantitative estimate of drug-likeness (QED) is 0.829. The van der Waals surface area contributed by atoms with Crippen molar-refractivity contribution in [3.8, 4) is 5.75 Å². The van der Waals surface area contributed by atoms with Gasteiger partial charge in [0.1, 0.15) is 5.75 Å². The van der Waals surface area contributed by atoms with E-state index in [0.717, 1.165) is 18.8 Å². The summed E-state index contributed by atoms with van der Waals surface area (Å²) in [5.74, 6) is 1.01. The standard InChI is InChI=1S/C16H28N2O/c1-11-8-14(9-18-10-16(4,5)17-6)12(2)13(3)15(11)19-7/h8,17-18H,9-10H2,1-7H3. The summed E-state index contributed by atoms with van der Waals surface area (Å²) in [5, 5.41) is 6.82. The van der Waals surface area contributed by atoms with Gasteiger partial charge < -0.3 is 15.4 Å². The number of rotatable bonds is 6. The third-order valence-electron chi connectivity index (χ3n) is 3.90. The summed E-state index contributed by atoms with van der Waals surface area (Å²) in [4.78, 5) is 0. The highest BCUT2D eigenvalue weighted by molar-refractivity contribution is 5.48. The van der Waals surface area contributed by atoms with Crippen molar-refractivity contribution in [3.63, 3.8) is 0 Å². The number of hydrogen-bond donors (Lipinski definition) is 2. The molecule has 0 bridgehead atoms. The van der Waals surface area contributed by atoms with Crippen LogP contribution >= 0.6 is 0 Å². The fraction of sp³-hybridized carbons (Fsp3) is 0.625. The average molecular weight is 264 g/mol. The first-order chi connectivity index (χ1) is 8.82. The van der Waals surface area contributed by atoms with Crippen molar-refractivity contribution in [2.45, 2.75) is 46.7 Å². The Morgan fingerprint density at radius 2 is 1.79 bits per heavy atom. The molecule has 0 radical (unpaired) electrons. The molecule has 3 nitrogen and oxygen atoms in total. The van der Waals surface area contributed by atoms with Crippen molar-refractivity contribution in [2.75, 3.05) is 20.7 Å². The minimum atomic E-state index is 0.116. The molecule has 1 aromatic carbocycles. The molecule has 0 heterocycles. The van der Waals surface area contributed by atoms with Gasteiger partial charge in [0, 0.05) is 18.6 Å². The number of likely N-dealkylation sites (N-methyl/N-ethyl adjacent to an activating group) is 1. The molecule has 0 fully saturated rings. The van der Waals surface area contributed by atoms with Crippen molar-refractivity contribution in [3.05, 3.63) is 28.3 Å². The van der Waals surface area contributed by atoms with Crippen LogP contribution in [0.2, 0.25) is 0 Å². The lowest BCUT2D eigenvalue weighted by atomic mass is 9.98. The molecule has 2 N–H and O–H groups in total. The molecular weight excluding hydrogens is 236 g/mol. The van der Waals surface area contributed by atoms with E-state index in [9.17, 15) is 0 Å². The van der Waals surface area contributed by atoms with E-state index in [2.05, 4.69) is 51.3 Å². The molecule has 108 valence electrons. The zero-order chi connectivity index (χ0) is 14.6. The average Bonchev–Trinajstić information content (AvgIpc) is 2.36. The fourth-order valence-corrected chi connectivity index (χ4v) is 2.24. The predicted molar refractivity (Wildman–Crippen MR) is 82.1 cm³/mol. The van der Waals surface area contributed by atoms with Crippen molar-refractivity contribution in [1.29, 1.82) is 0 Å². The Bertz CT molecular complexity index is 439. The zero-order valence-corrected chi connectivity index (χ0v) is 13.4. The van der Waals surface area contributed by atoms with Crippen molar-refractivity contribution in [2.24, 2.45) is 0 Å². The molecule has 0 aliphatic rings. The van der Waals surface area contributed by atoms with Crippen LogP contribution in [-0.2, 0) is 6.54 Å². The summed E-state index contributed by atoms with van der Waals surface area (Å²) in [5.41, 5.74) is 5.23. The van der Waals surface area contributed by atoms with Crippen LogP contribution in [0.15, 0.2) is 6.07 Å². The second kappa shape index (κ2) is 6.40. The SMILES string of the molecule is CNC(C)(C)CNCc1cc(C)c(OC)c(C)c1C. The molecule has 0 aliphatic heterocycles. The lowest BCUT2D eigenvalue weighted by Gasteiger charge is -2.25. The van der Waals surface area contributed by atoms with Crippen LogP contribution in [0.4, 0.5) is 0 Å². The van der Waals surface area contributed by atoms with Crippen LogP contribution in [0, 0.1) is 20.8 Å². The van der Waals surface area contributed by atoms with Gasteiger partial charge in [0.15, 0.2) is 0 Å². The fourth-order valence-electron chi connectivity index (χ4n) is 2.24. The summed E-state index contributed by atoms with van der Waals surface area (Å²) in [6.45, 7) is 12.6. The van der Waals surface area contributed by atoms with Crippen LogP contribution < -0.4 is 15.4 Å². The van der Waals surface area contributed by atoms with Gasteiger partial charge in [-0.15, -0.1) is 0 Å². The molecule has 0 aromatic heterocycles. The maximum Gasteiger partial charge on any atom is 0.124 e. The minimum Gasteiger partial charge on any atom is -0.496 e. The Balaban J connectivity index is 2.80. The smallest absolute Gasteiger partial charge is 0.124 e. The summed E-state index contributed by atoms with van der Waals surface area (Å²) < 4.78 is 5.46. The molecule has 0 saturated heterocycles. The largest absolute Gasteiger partial charge is 0.496 e. The Morgan fingerprint density at radius 1 is 1.16 bits per heavy atom. The molecule has 0 aliphatic carbocycles. The van der Waals surface area contributed by atoms with Crippen LogP contribution in [0.5, 0.6) is 5.75 Å².